The highest BCUT2D eigenvalue weighted by atomic mass is 16.5. The van der Waals surface area contributed by atoms with E-state index in [4.69, 9.17) is 4.52 Å². The summed E-state index contributed by atoms with van der Waals surface area (Å²) in [6.07, 6.45) is 5.66. The number of aromatic nitrogens is 2. The number of amides is 2. The number of hydrogen-bond donors (Lipinski definition) is 0. The summed E-state index contributed by atoms with van der Waals surface area (Å²) in [6, 6.07) is 7.86. The second-order valence-corrected chi connectivity index (χ2v) is 8.61. The van der Waals surface area contributed by atoms with E-state index in [9.17, 15) is 9.59 Å². The van der Waals surface area contributed by atoms with Crippen LogP contribution in [0.15, 0.2) is 28.8 Å². The van der Waals surface area contributed by atoms with Crippen LogP contribution in [-0.4, -0.2) is 57.4 Å². The Labute approximate surface area is 177 Å². The summed E-state index contributed by atoms with van der Waals surface area (Å²) in [6.45, 7) is 5.77. The highest BCUT2D eigenvalue weighted by Gasteiger charge is 2.33. The lowest BCUT2D eigenvalue weighted by Crippen LogP contribution is -2.57. The summed E-state index contributed by atoms with van der Waals surface area (Å²) in [5.41, 5.74) is 2.00. The van der Waals surface area contributed by atoms with Crippen molar-refractivity contribution in [1.82, 2.24) is 19.9 Å². The zero-order chi connectivity index (χ0) is 21.1. The normalized spacial score (nSPS) is 20.4. The molecule has 2 fully saturated rings. The van der Waals surface area contributed by atoms with Gasteiger partial charge in [-0.2, -0.15) is 4.98 Å². The summed E-state index contributed by atoms with van der Waals surface area (Å²) in [5.74, 6) is 1.24. The van der Waals surface area contributed by atoms with E-state index in [0.29, 0.717) is 31.3 Å². The first-order valence-corrected chi connectivity index (χ1v) is 11.0. The molecular weight excluding hydrogens is 380 g/mol. The molecule has 1 aromatic carbocycles. The summed E-state index contributed by atoms with van der Waals surface area (Å²) >= 11 is 0. The minimum Gasteiger partial charge on any atom is -0.338 e. The molecular formula is C23H30N4O3. The number of piperazine rings is 1. The van der Waals surface area contributed by atoms with Gasteiger partial charge in [-0.1, -0.05) is 42.1 Å². The highest BCUT2D eigenvalue weighted by molar-refractivity contribution is 5.81. The second-order valence-electron chi connectivity index (χ2n) is 8.61. The molecule has 2 amide bonds. The molecule has 0 N–H and O–H groups in total. The Morgan fingerprint density at radius 2 is 1.83 bits per heavy atom. The van der Waals surface area contributed by atoms with E-state index in [1.165, 1.54) is 6.42 Å². The van der Waals surface area contributed by atoms with Gasteiger partial charge in [-0.05, 0) is 38.8 Å². The Kier molecular flexibility index (Phi) is 6.16. The number of benzene rings is 1. The van der Waals surface area contributed by atoms with E-state index in [-0.39, 0.29) is 30.2 Å². The molecule has 2 aliphatic rings. The molecule has 7 nitrogen and oxygen atoms in total. The van der Waals surface area contributed by atoms with Crippen LogP contribution in [0.4, 0.5) is 0 Å². The first-order chi connectivity index (χ1) is 14.5. The molecule has 1 aromatic heterocycles. The zero-order valence-electron chi connectivity index (χ0n) is 17.8. The van der Waals surface area contributed by atoms with Gasteiger partial charge < -0.3 is 14.3 Å². The Bertz CT molecular complexity index is 886. The van der Waals surface area contributed by atoms with Crippen LogP contribution in [0.25, 0.3) is 11.5 Å². The van der Waals surface area contributed by atoms with Crippen LogP contribution in [0.2, 0.25) is 0 Å². The summed E-state index contributed by atoms with van der Waals surface area (Å²) in [4.78, 5) is 33.8. The fourth-order valence-corrected chi connectivity index (χ4v) is 4.48. The number of hydrogen-bond acceptors (Lipinski definition) is 5. The number of carbonyl (C=O) groups is 2. The minimum absolute atomic E-state index is 0.0251. The van der Waals surface area contributed by atoms with E-state index in [0.717, 1.165) is 36.8 Å². The van der Waals surface area contributed by atoms with Gasteiger partial charge in [0.1, 0.15) is 0 Å². The van der Waals surface area contributed by atoms with E-state index >= 15 is 0 Å². The Balaban J connectivity index is 1.33. The van der Waals surface area contributed by atoms with E-state index in [2.05, 4.69) is 10.1 Å². The number of nitrogens with zero attached hydrogens (tertiary/aromatic N) is 4. The van der Waals surface area contributed by atoms with Gasteiger partial charge in [0, 0.05) is 37.2 Å². The third kappa shape index (κ3) is 4.55. The van der Waals surface area contributed by atoms with Crippen molar-refractivity contribution in [1.29, 1.82) is 0 Å². The van der Waals surface area contributed by atoms with E-state index < -0.39 is 0 Å². The Morgan fingerprint density at radius 1 is 1.10 bits per heavy atom. The lowest BCUT2D eigenvalue weighted by molar-refractivity contribution is -0.145. The van der Waals surface area contributed by atoms with Crippen molar-refractivity contribution in [3.05, 3.63) is 35.7 Å². The van der Waals surface area contributed by atoms with Crippen molar-refractivity contribution in [3.63, 3.8) is 0 Å². The van der Waals surface area contributed by atoms with Crippen molar-refractivity contribution < 1.29 is 14.1 Å². The molecule has 1 saturated heterocycles. The zero-order valence-corrected chi connectivity index (χ0v) is 17.8. The monoisotopic (exact) mass is 410 g/mol. The van der Waals surface area contributed by atoms with Gasteiger partial charge in [-0.25, -0.2) is 0 Å². The van der Waals surface area contributed by atoms with Crippen molar-refractivity contribution in [3.8, 4) is 11.5 Å². The topological polar surface area (TPSA) is 79.5 Å². The molecule has 7 heteroatoms. The van der Waals surface area contributed by atoms with Gasteiger partial charge >= 0.3 is 0 Å². The average molecular weight is 411 g/mol. The van der Waals surface area contributed by atoms with Gasteiger partial charge in [0.05, 0.1) is 6.42 Å². The molecule has 160 valence electrons. The van der Waals surface area contributed by atoms with Crippen LogP contribution < -0.4 is 0 Å². The van der Waals surface area contributed by atoms with Crippen LogP contribution in [0.1, 0.15) is 50.4 Å². The first-order valence-electron chi connectivity index (χ1n) is 11.0. The molecule has 0 bridgehead atoms. The van der Waals surface area contributed by atoms with Crippen LogP contribution in [0, 0.1) is 12.8 Å². The van der Waals surface area contributed by atoms with E-state index in [1.54, 1.807) is 0 Å². The standard InChI is InChI=1S/C23H30N4O3/c1-16-8-10-18(11-9-16)22-24-20(25-30-22)14-21(28)26-12-13-27(17(2)15-26)23(29)19-6-4-3-5-7-19/h8-11,17,19H,3-7,12-15H2,1-2H3/t17-/m0/s1. The molecule has 1 saturated carbocycles. The van der Waals surface area contributed by atoms with Crippen molar-refractivity contribution in [2.75, 3.05) is 19.6 Å². The summed E-state index contributed by atoms with van der Waals surface area (Å²) < 4.78 is 5.33. The Morgan fingerprint density at radius 3 is 2.53 bits per heavy atom. The average Bonchev–Trinajstić information content (AvgIpc) is 3.22. The van der Waals surface area contributed by atoms with Crippen LogP contribution in [0.5, 0.6) is 0 Å². The number of aryl methyl sites for hydroxylation is 1. The quantitative estimate of drug-likeness (QED) is 0.773. The molecule has 1 aliphatic carbocycles. The second kappa shape index (κ2) is 8.98. The lowest BCUT2D eigenvalue weighted by Gasteiger charge is -2.41. The number of rotatable bonds is 4. The maximum Gasteiger partial charge on any atom is 0.257 e. The molecule has 1 atom stereocenters. The fraction of sp³-hybridized carbons (Fsp3) is 0.565. The predicted octanol–water partition coefficient (Wildman–Crippen LogP) is 3.23. The third-order valence-electron chi connectivity index (χ3n) is 6.29. The molecule has 30 heavy (non-hydrogen) atoms. The first kappa shape index (κ1) is 20.6. The molecule has 2 aromatic rings. The molecule has 4 rings (SSSR count). The van der Waals surface area contributed by atoms with Crippen molar-refractivity contribution in [2.24, 2.45) is 5.92 Å². The largest absolute Gasteiger partial charge is 0.338 e. The number of carbonyl (C=O) groups excluding carboxylic acids is 2. The van der Waals surface area contributed by atoms with Gasteiger partial charge in [0.15, 0.2) is 5.82 Å². The lowest BCUT2D eigenvalue weighted by atomic mass is 9.88. The maximum absolute atomic E-state index is 12.9. The highest BCUT2D eigenvalue weighted by Crippen LogP contribution is 2.27. The summed E-state index contributed by atoms with van der Waals surface area (Å²) in [5, 5.41) is 3.98. The molecule has 0 radical (unpaired) electrons. The van der Waals surface area contributed by atoms with Crippen LogP contribution >= 0.6 is 0 Å². The third-order valence-corrected chi connectivity index (χ3v) is 6.29. The van der Waals surface area contributed by atoms with Crippen LogP contribution in [-0.2, 0) is 16.0 Å². The SMILES string of the molecule is Cc1ccc(-c2nc(CC(=O)N3CCN(C(=O)C4CCCCC4)[C@@H](C)C3)no2)cc1. The predicted molar refractivity (Wildman–Crippen MR) is 113 cm³/mol. The molecule has 0 unspecified atom stereocenters. The maximum atomic E-state index is 12.9. The van der Waals surface area contributed by atoms with Crippen molar-refractivity contribution in [2.45, 2.75) is 58.4 Å². The van der Waals surface area contributed by atoms with E-state index in [1.807, 2.05) is 47.9 Å². The fourth-order valence-electron chi connectivity index (χ4n) is 4.48. The molecule has 0 spiro atoms. The van der Waals surface area contributed by atoms with Gasteiger partial charge in [0.25, 0.3) is 5.89 Å². The Hall–Kier alpha value is -2.70. The minimum atomic E-state index is -0.0251. The van der Waals surface area contributed by atoms with Gasteiger partial charge in [0.2, 0.25) is 11.8 Å². The summed E-state index contributed by atoms with van der Waals surface area (Å²) in [7, 11) is 0. The van der Waals surface area contributed by atoms with Crippen LogP contribution in [0.3, 0.4) is 0 Å². The smallest absolute Gasteiger partial charge is 0.257 e. The molecule has 1 aliphatic heterocycles. The molecule has 2 heterocycles. The van der Waals surface area contributed by atoms with Gasteiger partial charge in [-0.3, -0.25) is 9.59 Å². The van der Waals surface area contributed by atoms with Gasteiger partial charge in [-0.15, -0.1) is 0 Å². The van der Waals surface area contributed by atoms with Crippen molar-refractivity contribution >= 4 is 11.8 Å².